The van der Waals surface area contributed by atoms with Crippen molar-refractivity contribution in [2.45, 2.75) is 6.54 Å². The second-order valence-electron chi connectivity index (χ2n) is 3.61. The van der Waals surface area contributed by atoms with Crippen molar-refractivity contribution in [1.82, 2.24) is 4.90 Å². The third-order valence-corrected chi connectivity index (χ3v) is 2.24. The summed E-state index contributed by atoms with van der Waals surface area (Å²) < 4.78 is 0. The van der Waals surface area contributed by atoms with Crippen molar-refractivity contribution in [1.29, 1.82) is 0 Å². The molecule has 0 amide bonds. The first kappa shape index (κ1) is 12.0. The molecule has 0 aliphatic carbocycles. The zero-order valence-corrected chi connectivity index (χ0v) is 9.71. The highest BCUT2D eigenvalue weighted by atomic mass is 35.5. The number of hydrogen-bond acceptors (Lipinski definition) is 2. The van der Waals surface area contributed by atoms with E-state index in [2.05, 4.69) is 6.58 Å². The van der Waals surface area contributed by atoms with Crippen LogP contribution in [-0.2, 0) is 6.54 Å². The molecule has 1 aromatic rings. The number of carbonyl (C=O) groups is 1. The van der Waals surface area contributed by atoms with Gasteiger partial charge in [-0.25, -0.2) is 0 Å². The molecule has 0 aromatic heterocycles. The van der Waals surface area contributed by atoms with Crippen LogP contribution in [-0.4, -0.2) is 24.8 Å². The molecule has 0 radical (unpaired) electrons. The number of halogens is 1. The quantitative estimate of drug-likeness (QED) is 0.578. The van der Waals surface area contributed by atoms with E-state index in [4.69, 9.17) is 11.6 Å². The van der Waals surface area contributed by atoms with Crippen LogP contribution in [0.3, 0.4) is 0 Å². The van der Waals surface area contributed by atoms with Crippen LogP contribution < -0.4 is 0 Å². The summed E-state index contributed by atoms with van der Waals surface area (Å²) in [7, 11) is 3.89. The maximum atomic E-state index is 11.5. The number of ketones is 1. The number of carbonyl (C=O) groups excluding carboxylic acids is 1. The van der Waals surface area contributed by atoms with E-state index in [-0.39, 0.29) is 5.78 Å². The van der Waals surface area contributed by atoms with Gasteiger partial charge in [-0.1, -0.05) is 18.2 Å². The summed E-state index contributed by atoms with van der Waals surface area (Å²) in [4.78, 5) is 13.5. The van der Waals surface area contributed by atoms with Crippen LogP contribution >= 0.6 is 11.6 Å². The Kier molecular flexibility index (Phi) is 4.06. The summed E-state index contributed by atoms with van der Waals surface area (Å²) in [5.74, 6) is -0.0662. The van der Waals surface area contributed by atoms with E-state index in [0.29, 0.717) is 17.1 Å². The molecule has 80 valence electrons. The molecule has 0 aliphatic rings. The normalized spacial score (nSPS) is 10.4. The van der Waals surface area contributed by atoms with Gasteiger partial charge in [0.15, 0.2) is 5.78 Å². The third kappa shape index (κ3) is 3.18. The molecule has 0 unspecified atom stereocenters. The summed E-state index contributed by atoms with van der Waals surface area (Å²) in [6, 6.07) is 5.28. The summed E-state index contributed by atoms with van der Waals surface area (Å²) in [6.45, 7) is 4.17. The van der Waals surface area contributed by atoms with Crippen LogP contribution in [0.2, 0.25) is 5.02 Å². The maximum Gasteiger partial charge on any atom is 0.185 e. The van der Waals surface area contributed by atoms with Gasteiger partial charge in [0.1, 0.15) is 0 Å². The first-order valence-corrected chi connectivity index (χ1v) is 5.02. The lowest BCUT2D eigenvalue weighted by molar-refractivity contribution is 0.104. The van der Waals surface area contributed by atoms with E-state index in [1.54, 1.807) is 12.1 Å². The van der Waals surface area contributed by atoms with Crippen molar-refractivity contribution >= 4 is 17.4 Å². The Hall–Kier alpha value is -1.12. The topological polar surface area (TPSA) is 20.3 Å². The van der Waals surface area contributed by atoms with Gasteiger partial charge in [0.05, 0.1) is 0 Å². The van der Waals surface area contributed by atoms with E-state index in [1.165, 1.54) is 6.08 Å². The summed E-state index contributed by atoms with van der Waals surface area (Å²) in [6.07, 6.45) is 1.32. The van der Waals surface area contributed by atoms with Gasteiger partial charge < -0.3 is 4.90 Å². The minimum absolute atomic E-state index is 0.0662. The van der Waals surface area contributed by atoms with E-state index in [1.807, 2.05) is 25.1 Å². The van der Waals surface area contributed by atoms with Crippen molar-refractivity contribution in [2.75, 3.05) is 14.1 Å². The second-order valence-corrected chi connectivity index (χ2v) is 4.04. The maximum absolute atomic E-state index is 11.5. The Morgan fingerprint density at radius 3 is 2.73 bits per heavy atom. The molecule has 0 saturated heterocycles. The molecule has 15 heavy (non-hydrogen) atoms. The highest BCUT2D eigenvalue weighted by molar-refractivity contribution is 6.30. The fraction of sp³-hybridized carbons (Fsp3) is 0.250. The van der Waals surface area contributed by atoms with Crippen LogP contribution in [0.4, 0.5) is 0 Å². The van der Waals surface area contributed by atoms with Crippen molar-refractivity contribution in [3.8, 4) is 0 Å². The minimum Gasteiger partial charge on any atom is -0.305 e. The molecule has 0 heterocycles. The predicted octanol–water partition coefficient (Wildman–Crippen LogP) is 2.77. The zero-order chi connectivity index (χ0) is 11.4. The second kappa shape index (κ2) is 5.10. The van der Waals surface area contributed by atoms with Crippen molar-refractivity contribution in [3.63, 3.8) is 0 Å². The molecular formula is C12H14ClNO. The number of rotatable bonds is 4. The van der Waals surface area contributed by atoms with Gasteiger partial charge in [-0.15, -0.1) is 0 Å². The third-order valence-electron chi connectivity index (χ3n) is 2.00. The average molecular weight is 224 g/mol. The molecule has 0 fully saturated rings. The fourth-order valence-corrected chi connectivity index (χ4v) is 1.58. The van der Waals surface area contributed by atoms with Crippen molar-refractivity contribution in [3.05, 3.63) is 47.0 Å². The number of nitrogens with zero attached hydrogens (tertiary/aromatic N) is 1. The van der Waals surface area contributed by atoms with E-state index in [9.17, 15) is 4.79 Å². The molecule has 0 atom stereocenters. The van der Waals surface area contributed by atoms with E-state index in [0.717, 1.165) is 5.56 Å². The Labute approximate surface area is 95.2 Å². The molecule has 0 saturated carbocycles. The van der Waals surface area contributed by atoms with Gasteiger partial charge in [-0.05, 0) is 43.9 Å². The number of hydrogen-bond donors (Lipinski definition) is 0. The lowest BCUT2D eigenvalue weighted by atomic mass is 10.0. The lowest BCUT2D eigenvalue weighted by Crippen LogP contribution is -2.13. The SMILES string of the molecule is C=CC(=O)c1ccc(Cl)cc1CN(C)C. The molecule has 0 N–H and O–H groups in total. The number of allylic oxidation sites excluding steroid dienone is 1. The van der Waals surface area contributed by atoms with Gasteiger partial charge in [-0.3, -0.25) is 4.79 Å². The van der Waals surface area contributed by atoms with Crippen molar-refractivity contribution < 1.29 is 4.79 Å². The Morgan fingerprint density at radius 1 is 1.53 bits per heavy atom. The monoisotopic (exact) mass is 223 g/mol. The molecular weight excluding hydrogens is 210 g/mol. The van der Waals surface area contributed by atoms with Crippen LogP contribution in [0, 0.1) is 0 Å². The van der Waals surface area contributed by atoms with Crippen LogP contribution in [0.25, 0.3) is 0 Å². The van der Waals surface area contributed by atoms with Gasteiger partial charge in [-0.2, -0.15) is 0 Å². The molecule has 2 nitrogen and oxygen atoms in total. The van der Waals surface area contributed by atoms with Gasteiger partial charge >= 0.3 is 0 Å². The lowest BCUT2D eigenvalue weighted by Gasteiger charge is -2.13. The first-order chi connectivity index (χ1) is 7.04. The van der Waals surface area contributed by atoms with Crippen LogP contribution in [0.15, 0.2) is 30.9 Å². The summed E-state index contributed by atoms with van der Waals surface area (Å²) >= 11 is 5.89. The van der Waals surface area contributed by atoms with Gasteiger partial charge in [0.25, 0.3) is 0 Å². The van der Waals surface area contributed by atoms with E-state index >= 15 is 0 Å². The predicted molar refractivity (Wildman–Crippen MR) is 63.4 cm³/mol. The standard InChI is InChI=1S/C12H14ClNO/c1-4-12(15)11-6-5-10(13)7-9(11)8-14(2)3/h4-7H,1,8H2,2-3H3. The Morgan fingerprint density at radius 2 is 2.20 bits per heavy atom. The number of benzene rings is 1. The molecule has 3 heteroatoms. The molecule has 0 spiro atoms. The minimum atomic E-state index is -0.0662. The van der Waals surface area contributed by atoms with Crippen molar-refractivity contribution in [2.24, 2.45) is 0 Å². The van der Waals surface area contributed by atoms with Crippen LogP contribution in [0.5, 0.6) is 0 Å². The highest BCUT2D eigenvalue weighted by Gasteiger charge is 2.09. The molecule has 1 rings (SSSR count). The highest BCUT2D eigenvalue weighted by Crippen LogP contribution is 2.18. The fourth-order valence-electron chi connectivity index (χ4n) is 1.38. The molecule has 1 aromatic carbocycles. The molecule has 0 aliphatic heterocycles. The summed E-state index contributed by atoms with van der Waals surface area (Å²) in [5, 5.41) is 0.646. The average Bonchev–Trinajstić information content (AvgIpc) is 2.16. The van der Waals surface area contributed by atoms with E-state index < -0.39 is 0 Å². The van der Waals surface area contributed by atoms with Crippen LogP contribution in [0.1, 0.15) is 15.9 Å². The van der Waals surface area contributed by atoms with Gasteiger partial charge in [0.2, 0.25) is 0 Å². The summed E-state index contributed by atoms with van der Waals surface area (Å²) in [5.41, 5.74) is 1.60. The Bertz CT molecular complexity index is 385. The zero-order valence-electron chi connectivity index (χ0n) is 8.96. The first-order valence-electron chi connectivity index (χ1n) is 4.64. The largest absolute Gasteiger partial charge is 0.305 e. The Balaban J connectivity index is 3.13. The van der Waals surface area contributed by atoms with Gasteiger partial charge in [0, 0.05) is 17.1 Å². The smallest absolute Gasteiger partial charge is 0.185 e. The molecule has 0 bridgehead atoms.